The van der Waals surface area contributed by atoms with Gasteiger partial charge in [0.15, 0.2) is 5.78 Å². The van der Waals surface area contributed by atoms with Crippen molar-refractivity contribution in [1.82, 2.24) is 0 Å². The minimum absolute atomic E-state index is 0.171. The van der Waals surface area contributed by atoms with Crippen LogP contribution in [0, 0.1) is 0 Å². The molecule has 0 saturated heterocycles. The van der Waals surface area contributed by atoms with E-state index >= 15 is 0 Å². The lowest BCUT2D eigenvalue weighted by atomic mass is 9.81. The summed E-state index contributed by atoms with van der Waals surface area (Å²) in [6.07, 6.45) is 6.30. The van der Waals surface area contributed by atoms with Crippen molar-refractivity contribution < 1.29 is 9.53 Å². The topological polar surface area (TPSA) is 26.3 Å². The summed E-state index contributed by atoms with van der Waals surface area (Å²) in [6.45, 7) is 4.20. The molecule has 19 heavy (non-hydrogen) atoms. The lowest BCUT2D eigenvalue weighted by molar-refractivity contribution is -0.130. The zero-order valence-electron chi connectivity index (χ0n) is 12.0. The third-order valence-electron chi connectivity index (χ3n) is 4.19. The lowest BCUT2D eigenvalue weighted by Gasteiger charge is -2.26. The first-order valence-corrected chi connectivity index (χ1v) is 7.31. The van der Waals surface area contributed by atoms with Gasteiger partial charge in [-0.25, -0.2) is 0 Å². The first-order valence-electron chi connectivity index (χ1n) is 7.31. The van der Waals surface area contributed by atoms with Crippen LogP contribution in [0.4, 0.5) is 0 Å². The Kier molecular flexibility index (Phi) is 4.76. The molecular formula is C17H24O2. The molecule has 1 aliphatic carbocycles. The molecule has 1 saturated carbocycles. The van der Waals surface area contributed by atoms with E-state index in [9.17, 15) is 4.79 Å². The van der Waals surface area contributed by atoms with E-state index in [1.54, 1.807) is 0 Å². The Balaban J connectivity index is 1.91. The van der Waals surface area contributed by atoms with Gasteiger partial charge in [0, 0.05) is 0 Å². The molecule has 1 aliphatic rings. The minimum atomic E-state index is -0.462. The van der Waals surface area contributed by atoms with E-state index in [0.717, 1.165) is 18.4 Å². The van der Waals surface area contributed by atoms with Crippen LogP contribution in [0.25, 0.3) is 0 Å². The van der Waals surface area contributed by atoms with Gasteiger partial charge in [-0.05, 0) is 32.3 Å². The average Bonchev–Trinajstić information content (AvgIpc) is 2.46. The summed E-state index contributed by atoms with van der Waals surface area (Å²) in [4.78, 5) is 12.4. The molecule has 2 rings (SSSR count). The van der Waals surface area contributed by atoms with Gasteiger partial charge in [-0.15, -0.1) is 0 Å². The maximum absolute atomic E-state index is 12.4. The summed E-state index contributed by atoms with van der Waals surface area (Å²) < 4.78 is 5.80. The highest BCUT2D eigenvalue weighted by Crippen LogP contribution is 2.25. The van der Waals surface area contributed by atoms with Gasteiger partial charge in [0.25, 0.3) is 0 Å². The van der Waals surface area contributed by atoms with Gasteiger partial charge in [-0.3, -0.25) is 4.79 Å². The Morgan fingerprint density at radius 1 is 1.16 bits per heavy atom. The highest BCUT2D eigenvalue weighted by atomic mass is 16.5. The van der Waals surface area contributed by atoms with Crippen LogP contribution in [0.3, 0.4) is 0 Å². The number of ether oxygens (including phenoxy) is 1. The van der Waals surface area contributed by atoms with Gasteiger partial charge in [0.1, 0.15) is 6.61 Å². The number of hydrogen-bond donors (Lipinski definition) is 0. The Labute approximate surface area is 116 Å². The Bertz CT molecular complexity index is 403. The van der Waals surface area contributed by atoms with Gasteiger partial charge >= 0.3 is 0 Å². The van der Waals surface area contributed by atoms with Crippen molar-refractivity contribution in [3.05, 3.63) is 35.9 Å². The minimum Gasteiger partial charge on any atom is -0.370 e. The summed E-state index contributed by atoms with van der Waals surface area (Å²) in [5.41, 5.74) is 0.600. The van der Waals surface area contributed by atoms with E-state index in [2.05, 4.69) is 0 Å². The molecule has 0 atom stereocenters. The quantitative estimate of drug-likeness (QED) is 0.803. The third-order valence-corrected chi connectivity index (χ3v) is 4.19. The molecule has 0 unspecified atom stereocenters. The molecule has 2 heteroatoms. The predicted molar refractivity (Wildman–Crippen MR) is 77.3 cm³/mol. The largest absolute Gasteiger partial charge is 0.370 e. The van der Waals surface area contributed by atoms with Crippen LogP contribution in [0.5, 0.6) is 0 Å². The maximum Gasteiger partial charge on any atom is 0.168 e. The van der Waals surface area contributed by atoms with E-state index in [4.69, 9.17) is 4.74 Å². The molecule has 0 amide bonds. The average molecular weight is 260 g/mol. The predicted octanol–water partition coefficient (Wildman–Crippen LogP) is 3.88. The van der Waals surface area contributed by atoms with Crippen LogP contribution in [0.2, 0.25) is 0 Å². The van der Waals surface area contributed by atoms with Gasteiger partial charge in [0.2, 0.25) is 0 Å². The molecule has 1 aromatic carbocycles. The molecule has 0 aliphatic heterocycles. The van der Waals surface area contributed by atoms with E-state index in [0.29, 0.717) is 6.10 Å². The number of benzene rings is 1. The number of hydrogen-bond acceptors (Lipinski definition) is 2. The highest BCUT2D eigenvalue weighted by molar-refractivity contribution is 5.90. The monoisotopic (exact) mass is 260 g/mol. The SMILES string of the molecule is CC(C)(C(=O)COC1CCCCC1)c1ccccc1. The summed E-state index contributed by atoms with van der Waals surface area (Å²) in [6, 6.07) is 9.96. The van der Waals surface area contributed by atoms with E-state index in [-0.39, 0.29) is 12.4 Å². The summed E-state index contributed by atoms with van der Waals surface area (Å²) >= 11 is 0. The Hall–Kier alpha value is -1.15. The van der Waals surface area contributed by atoms with Crippen molar-refractivity contribution >= 4 is 5.78 Å². The number of rotatable bonds is 5. The lowest BCUT2D eigenvalue weighted by Crippen LogP contribution is -2.34. The normalized spacial score (nSPS) is 17.4. The van der Waals surface area contributed by atoms with E-state index < -0.39 is 5.41 Å². The number of carbonyl (C=O) groups is 1. The Morgan fingerprint density at radius 2 is 1.79 bits per heavy atom. The van der Waals surface area contributed by atoms with Crippen LogP contribution in [-0.2, 0) is 14.9 Å². The number of carbonyl (C=O) groups excluding carboxylic acids is 1. The fraction of sp³-hybridized carbons (Fsp3) is 0.588. The summed E-state index contributed by atoms with van der Waals surface area (Å²) in [7, 11) is 0. The van der Waals surface area contributed by atoms with E-state index in [1.165, 1.54) is 19.3 Å². The number of ketones is 1. The highest BCUT2D eigenvalue weighted by Gasteiger charge is 2.30. The van der Waals surface area contributed by atoms with Crippen LogP contribution in [-0.4, -0.2) is 18.5 Å². The van der Waals surface area contributed by atoms with E-state index in [1.807, 2.05) is 44.2 Å². The maximum atomic E-state index is 12.4. The molecule has 0 bridgehead atoms. The first-order chi connectivity index (χ1) is 9.10. The summed E-state index contributed by atoms with van der Waals surface area (Å²) in [5.74, 6) is 0.171. The molecule has 0 heterocycles. The smallest absolute Gasteiger partial charge is 0.168 e. The number of Topliss-reactive ketones (excluding diaryl/α,β-unsaturated/α-hetero) is 1. The molecular weight excluding hydrogens is 236 g/mol. The zero-order valence-corrected chi connectivity index (χ0v) is 12.0. The van der Waals surface area contributed by atoms with Crippen LogP contribution < -0.4 is 0 Å². The van der Waals surface area contributed by atoms with Crippen molar-refractivity contribution in [1.29, 1.82) is 0 Å². The van der Waals surface area contributed by atoms with Crippen LogP contribution >= 0.6 is 0 Å². The van der Waals surface area contributed by atoms with Crippen molar-refractivity contribution in [2.45, 2.75) is 57.5 Å². The van der Waals surface area contributed by atoms with Crippen molar-refractivity contribution in [2.24, 2.45) is 0 Å². The molecule has 1 fully saturated rings. The standard InChI is InChI=1S/C17H24O2/c1-17(2,14-9-5-3-6-10-14)16(18)13-19-15-11-7-4-8-12-15/h3,5-6,9-10,15H,4,7-8,11-13H2,1-2H3. The molecule has 1 aromatic rings. The van der Waals surface area contributed by atoms with Crippen molar-refractivity contribution in [3.63, 3.8) is 0 Å². The van der Waals surface area contributed by atoms with Crippen LogP contribution in [0.15, 0.2) is 30.3 Å². The van der Waals surface area contributed by atoms with Gasteiger partial charge < -0.3 is 4.74 Å². The van der Waals surface area contributed by atoms with Gasteiger partial charge in [0.05, 0.1) is 11.5 Å². The Morgan fingerprint density at radius 3 is 2.42 bits per heavy atom. The second kappa shape index (κ2) is 6.33. The molecule has 104 valence electrons. The van der Waals surface area contributed by atoms with Gasteiger partial charge in [-0.1, -0.05) is 49.6 Å². The molecule has 2 nitrogen and oxygen atoms in total. The summed E-state index contributed by atoms with van der Waals surface area (Å²) in [5, 5.41) is 0. The molecule has 0 spiro atoms. The van der Waals surface area contributed by atoms with Gasteiger partial charge in [-0.2, -0.15) is 0 Å². The fourth-order valence-corrected chi connectivity index (χ4v) is 2.62. The molecule has 0 N–H and O–H groups in total. The molecule has 0 aromatic heterocycles. The van der Waals surface area contributed by atoms with Crippen molar-refractivity contribution in [3.8, 4) is 0 Å². The van der Waals surface area contributed by atoms with Crippen LogP contribution in [0.1, 0.15) is 51.5 Å². The fourth-order valence-electron chi connectivity index (χ4n) is 2.62. The zero-order chi connectivity index (χ0) is 13.7. The third kappa shape index (κ3) is 3.66. The molecule has 0 radical (unpaired) electrons. The second-order valence-electron chi connectivity index (χ2n) is 5.99. The van der Waals surface area contributed by atoms with Crippen molar-refractivity contribution in [2.75, 3.05) is 6.61 Å². The second-order valence-corrected chi connectivity index (χ2v) is 5.99. The first kappa shape index (κ1) is 14.3.